The van der Waals surface area contributed by atoms with Crippen molar-refractivity contribution in [1.82, 2.24) is 0 Å². The minimum Gasteiger partial charge on any atom is -0.394 e. The van der Waals surface area contributed by atoms with Crippen molar-refractivity contribution in [2.45, 2.75) is 51.6 Å². The summed E-state index contributed by atoms with van der Waals surface area (Å²) in [6.45, 7) is 15.0. The van der Waals surface area contributed by atoms with Crippen molar-refractivity contribution in [1.29, 1.82) is 0 Å². The van der Waals surface area contributed by atoms with E-state index in [-0.39, 0.29) is 12.7 Å². The summed E-state index contributed by atoms with van der Waals surface area (Å²) >= 11 is 0. The standard InChI is InChI=1S/C12H22O4.C6H8/c1-3-4-9(2)8-15-12-6-10(14)5-11(7-13)16-12;1-4-6(3)5-2/h4,10-14H,3,5-8H2,1-2H3;4-5H,1-3H2/b9-4+;. The van der Waals surface area contributed by atoms with Crippen molar-refractivity contribution >= 4 is 0 Å². The molecular formula is C18H30O4. The summed E-state index contributed by atoms with van der Waals surface area (Å²) in [6.07, 6.45) is 6.23. The zero-order chi connectivity index (χ0) is 17.0. The number of aliphatic hydroxyl groups excluding tert-OH is 2. The summed E-state index contributed by atoms with van der Waals surface area (Å²) in [7, 11) is 0. The number of hydrogen-bond donors (Lipinski definition) is 2. The van der Waals surface area contributed by atoms with Gasteiger partial charge in [0.15, 0.2) is 6.29 Å². The second kappa shape index (κ2) is 12.4. The summed E-state index contributed by atoms with van der Waals surface area (Å²) in [4.78, 5) is 0. The molecule has 0 spiro atoms. The van der Waals surface area contributed by atoms with Crippen LogP contribution in [0.15, 0.2) is 49.1 Å². The van der Waals surface area contributed by atoms with Crippen LogP contribution in [0.2, 0.25) is 0 Å². The Morgan fingerprint density at radius 1 is 1.32 bits per heavy atom. The molecular weight excluding hydrogens is 280 g/mol. The predicted octanol–water partition coefficient (Wildman–Crippen LogP) is 3.13. The predicted molar refractivity (Wildman–Crippen MR) is 90.5 cm³/mol. The van der Waals surface area contributed by atoms with Crippen LogP contribution in [-0.4, -0.2) is 41.9 Å². The first-order valence-corrected chi connectivity index (χ1v) is 7.62. The van der Waals surface area contributed by atoms with Crippen molar-refractivity contribution in [3.8, 4) is 0 Å². The first kappa shape index (κ1) is 20.8. The van der Waals surface area contributed by atoms with Crippen LogP contribution < -0.4 is 0 Å². The lowest BCUT2D eigenvalue weighted by molar-refractivity contribution is -0.218. The number of allylic oxidation sites excluding steroid dienone is 4. The fourth-order valence-corrected chi connectivity index (χ4v) is 1.89. The molecule has 4 heteroatoms. The number of rotatable bonds is 7. The van der Waals surface area contributed by atoms with Gasteiger partial charge in [-0.25, -0.2) is 0 Å². The van der Waals surface area contributed by atoms with Crippen LogP contribution in [0.25, 0.3) is 0 Å². The smallest absolute Gasteiger partial charge is 0.160 e. The second-order valence-electron chi connectivity index (χ2n) is 5.25. The molecule has 1 aliphatic rings. The summed E-state index contributed by atoms with van der Waals surface area (Å²) in [6, 6.07) is 0. The molecule has 1 aliphatic heterocycles. The van der Waals surface area contributed by atoms with Crippen LogP contribution >= 0.6 is 0 Å². The van der Waals surface area contributed by atoms with Crippen LogP contribution in [0, 0.1) is 0 Å². The maximum atomic E-state index is 9.56. The topological polar surface area (TPSA) is 58.9 Å². The van der Waals surface area contributed by atoms with Crippen molar-refractivity contribution in [2.24, 2.45) is 0 Å². The fraction of sp³-hybridized carbons (Fsp3) is 0.556. The maximum absolute atomic E-state index is 9.56. The van der Waals surface area contributed by atoms with Gasteiger partial charge >= 0.3 is 0 Å². The lowest BCUT2D eigenvalue weighted by Gasteiger charge is -2.32. The Bertz CT molecular complexity index is 363. The Morgan fingerprint density at radius 3 is 2.41 bits per heavy atom. The van der Waals surface area contributed by atoms with E-state index < -0.39 is 12.4 Å². The minimum absolute atomic E-state index is 0.0687. The van der Waals surface area contributed by atoms with Gasteiger partial charge in [-0.1, -0.05) is 50.5 Å². The highest BCUT2D eigenvalue weighted by atomic mass is 16.7. The molecule has 1 fully saturated rings. The molecule has 1 saturated heterocycles. The summed E-state index contributed by atoms with van der Waals surface area (Å²) in [5.41, 5.74) is 2.03. The highest BCUT2D eigenvalue weighted by molar-refractivity contribution is 5.22. The van der Waals surface area contributed by atoms with Crippen LogP contribution in [0.1, 0.15) is 33.1 Å². The fourth-order valence-electron chi connectivity index (χ4n) is 1.89. The zero-order valence-electron chi connectivity index (χ0n) is 13.8. The van der Waals surface area contributed by atoms with Crippen molar-refractivity contribution in [2.75, 3.05) is 13.2 Å². The lowest BCUT2D eigenvalue weighted by Crippen LogP contribution is -2.39. The third-order valence-corrected chi connectivity index (χ3v) is 3.12. The first-order chi connectivity index (χ1) is 10.5. The van der Waals surface area contributed by atoms with Gasteiger partial charge in [0.2, 0.25) is 0 Å². The Balaban J connectivity index is 0.000000626. The molecule has 126 valence electrons. The van der Waals surface area contributed by atoms with E-state index in [1.165, 1.54) is 0 Å². The molecule has 4 nitrogen and oxygen atoms in total. The SMILES string of the molecule is C=CC(=C)C=C.CC/C=C(\C)COC1CC(O)CC(CO)O1. The number of aliphatic hydroxyl groups is 2. The largest absolute Gasteiger partial charge is 0.394 e. The third kappa shape index (κ3) is 9.68. The van der Waals surface area contributed by atoms with Gasteiger partial charge in [0.1, 0.15) is 0 Å². The molecule has 22 heavy (non-hydrogen) atoms. The number of ether oxygens (including phenoxy) is 2. The monoisotopic (exact) mass is 310 g/mol. The van der Waals surface area contributed by atoms with E-state index in [4.69, 9.17) is 14.6 Å². The normalized spacial score (nSPS) is 24.9. The van der Waals surface area contributed by atoms with Gasteiger partial charge in [0.05, 0.1) is 25.4 Å². The van der Waals surface area contributed by atoms with Gasteiger partial charge in [0, 0.05) is 12.8 Å². The van der Waals surface area contributed by atoms with E-state index in [0.29, 0.717) is 19.4 Å². The van der Waals surface area contributed by atoms with Gasteiger partial charge in [-0.15, -0.1) is 0 Å². The van der Waals surface area contributed by atoms with Crippen molar-refractivity contribution in [3.05, 3.63) is 49.1 Å². The van der Waals surface area contributed by atoms with Crippen molar-refractivity contribution < 1.29 is 19.7 Å². The lowest BCUT2D eigenvalue weighted by atomic mass is 10.1. The summed E-state index contributed by atoms with van der Waals surface area (Å²) in [5.74, 6) is 0. The Hall–Kier alpha value is -1.20. The molecule has 1 heterocycles. The molecule has 0 radical (unpaired) electrons. The van der Waals surface area contributed by atoms with E-state index in [0.717, 1.165) is 17.6 Å². The molecule has 0 aromatic rings. The highest BCUT2D eigenvalue weighted by Crippen LogP contribution is 2.20. The summed E-state index contributed by atoms with van der Waals surface area (Å²) in [5, 5.41) is 18.5. The minimum atomic E-state index is -0.439. The average molecular weight is 310 g/mol. The molecule has 0 amide bonds. The molecule has 0 saturated carbocycles. The van der Waals surface area contributed by atoms with Gasteiger partial charge in [-0.05, 0) is 18.9 Å². The van der Waals surface area contributed by atoms with Crippen LogP contribution in [0.4, 0.5) is 0 Å². The van der Waals surface area contributed by atoms with E-state index in [9.17, 15) is 5.11 Å². The highest BCUT2D eigenvalue weighted by Gasteiger charge is 2.28. The molecule has 0 bridgehead atoms. The summed E-state index contributed by atoms with van der Waals surface area (Å²) < 4.78 is 11.0. The molecule has 0 aromatic carbocycles. The van der Waals surface area contributed by atoms with Crippen LogP contribution in [0.3, 0.4) is 0 Å². The van der Waals surface area contributed by atoms with E-state index >= 15 is 0 Å². The second-order valence-corrected chi connectivity index (χ2v) is 5.25. The zero-order valence-corrected chi connectivity index (χ0v) is 13.8. The quantitative estimate of drug-likeness (QED) is 0.560. The molecule has 0 aromatic heterocycles. The third-order valence-electron chi connectivity index (χ3n) is 3.12. The molecule has 3 atom stereocenters. The average Bonchev–Trinajstić information content (AvgIpc) is 2.52. The van der Waals surface area contributed by atoms with E-state index in [1.54, 1.807) is 12.2 Å². The molecule has 1 rings (SSSR count). The number of hydrogen-bond acceptors (Lipinski definition) is 4. The van der Waals surface area contributed by atoms with Crippen LogP contribution in [-0.2, 0) is 9.47 Å². The van der Waals surface area contributed by atoms with Crippen LogP contribution in [0.5, 0.6) is 0 Å². The van der Waals surface area contributed by atoms with E-state index in [1.807, 2.05) is 6.92 Å². The Labute approximate surface area is 134 Å². The maximum Gasteiger partial charge on any atom is 0.160 e. The van der Waals surface area contributed by atoms with E-state index in [2.05, 4.69) is 32.7 Å². The Morgan fingerprint density at radius 2 is 1.95 bits per heavy atom. The molecule has 3 unspecified atom stereocenters. The van der Waals surface area contributed by atoms with Gasteiger partial charge in [-0.2, -0.15) is 0 Å². The Kier molecular flexibility index (Phi) is 11.7. The first-order valence-electron chi connectivity index (χ1n) is 7.62. The van der Waals surface area contributed by atoms with Crippen molar-refractivity contribution in [3.63, 3.8) is 0 Å². The molecule has 2 N–H and O–H groups in total. The van der Waals surface area contributed by atoms with Gasteiger partial charge < -0.3 is 19.7 Å². The van der Waals surface area contributed by atoms with Gasteiger partial charge in [-0.3, -0.25) is 0 Å². The van der Waals surface area contributed by atoms with Gasteiger partial charge in [0.25, 0.3) is 0 Å². The molecule has 0 aliphatic carbocycles.